The number of nitrogens with one attached hydrogen (secondary N) is 1. The van der Waals surface area contributed by atoms with Crippen molar-refractivity contribution < 1.29 is 9.59 Å². The Morgan fingerprint density at radius 3 is 2.47 bits per heavy atom. The first-order chi connectivity index (χ1) is 8.84. The predicted molar refractivity (Wildman–Crippen MR) is 79.8 cm³/mol. The zero-order valence-corrected chi connectivity index (χ0v) is 12.4. The third-order valence-corrected chi connectivity index (χ3v) is 4.02. The molecule has 5 nitrogen and oxygen atoms in total. The molecule has 1 rings (SSSR count). The molecule has 0 saturated carbocycles. The van der Waals surface area contributed by atoms with Crippen LogP contribution in [-0.4, -0.2) is 18.2 Å². The maximum absolute atomic E-state index is 11.4. The molecule has 0 spiro atoms. The van der Waals surface area contributed by atoms with E-state index in [-0.39, 0.29) is 17.0 Å². The minimum Gasteiger partial charge on any atom is -0.397 e. The van der Waals surface area contributed by atoms with Crippen LogP contribution in [-0.2, 0) is 0 Å². The molecule has 0 aliphatic heterocycles. The summed E-state index contributed by atoms with van der Waals surface area (Å²) >= 11 is 1.19. The number of primary amides is 1. The van der Waals surface area contributed by atoms with Gasteiger partial charge in [0.2, 0.25) is 0 Å². The molecule has 1 heterocycles. The smallest absolute Gasteiger partial charge is 0.253 e. The summed E-state index contributed by atoms with van der Waals surface area (Å²) in [6.45, 7) is 6.48. The normalized spacial score (nSPS) is 10.7. The van der Waals surface area contributed by atoms with E-state index in [9.17, 15) is 9.59 Å². The van der Waals surface area contributed by atoms with Crippen molar-refractivity contribution in [2.75, 3.05) is 17.6 Å². The largest absolute Gasteiger partial charge is 0.397 e. The molecule has 0 bridgehead atoms. The van der Waals surface area contributed by atoms with Gasteiger partial charge in [0.05, 0.1) is 16.1 Å². The molecule has 1 amide bonds. The third-order valence-electron chi connectivity index (χ3n) is 2.76. The van der Waals surface area contributed by atoms with Crippen molar-refractivity contribution in [2.24, 2.45) is 11.7 Å². The Morgan fingerprint density at radius 2 is 2.00 bits per heavy atom. The lowest BCUT2D eigenvalue weighted by molar-refractivity contribution is 0.100. The molecule has 0 radical (unpaired) electrons. The molecule has 1 aromatic heterocycles. The van der Waals surface area contributed by atoms with E-state index in [1.807, 2.05) is 0 Å². The van der Waals surface area contributed by atoms with Crippen molar-refractivity contribution >= 4 is 33.7 Å². The first kappa shape index (κ1) is 15.5. The van der Waals surface area contributed by atoms with Gasteiger partial charge in [-0.2, -0.15) is 0 Å². The quantitative estimate of drug-likeness (QED) is 0.529. The van der Waals surface area contributed by atoms with Crippen LogP contribution in [0.15, 0.2) is 0 Å². The predicted octanol–water partition coefficient (Wildman–Crippen LogP) is 2.48. The number of carbonyl (C=O) groups is 2. The number of ketones is 1. The molecule has 19 heavy (non-hydrogen) atoms. The lowest BCUT2D eigenvalue weighted by atomic mass is 10.1. The SMILES string of the molecule is CC(=O)c1sc(NCCCC(C)C)c(C(N)=O)c1N. The van der Waals surface area contributed by atoms with Gasteiger partial charge in [-0.3, -0.25) is 9.59 Å². The Balaban J connectivity index is 2.84. The highest BCUT2D eigenvalue weighted by molar-refractivity contribution is 7.19. The van der Waals surface area contributed by atoms with E-state index in [1.54, 1.807) is 0 Å². The summed E-state index contributed by atoms with van der Waals surface area (Å²) in [5, 5.41) is 3.75. The van der Waals surface area contributed by atoms with Gasteiger partial charge >= 0.3 is 0 Å². The average Bonchev–Trinajstić information content (AvgIpc) is 2.61. The summed E-state index contributed by atoms with van der Waals surface area (Å²) in [7, 11) is 0. The number of hydrogen-bond acceptors (Lipinski definition) is 5. The van der Waals surface area contributed by atoms with Crippen LogP contribution >= 0.6 is 11.3 Å². The minimum absolute atomic E-state index is 0.153. The van der Waals surface area contributed by atoms with Crippen molar-refractivity contribution in [3.63, 3.8) is 0 Å². The van der Waals surface area contributed by atoms with Crippen molar-refractivity contribution in [3.8, 4) is 0 Å². The first-order valence-corrected chi connectivity index (χ1v) is 7.13. The van der Waals surface area contributed by atoms with E-state index < -0.39 is 5.91 Å². The summed E-state index contributed by atoms with van der Waals surface area (Å²) in [4.78, 5) is 23.2. The van der Waals surface area contributed by atoms with Crippen molar-refractivity contribution in [2.45, 2.75) is 33.6 Å². The Kier molecular flexibility index (Phi) is 5.35. The summed E-state index contributed by atoms with van der Waals surface area (Å²) in [5.74, 6) is -0.119. The van der Waals surface area contributed by atoms with E-state index in [2.05, 4.69) is 19.2 Å². The van der Waals surface area contributed by atoms with Gasteiger partial charge in [-0.1, -0.05) is 13.8 Å². The van der Waals surface area contributed by atoms with Crippen LogP contribution in [0.25, 0.3) is 0 Å². The number of thiophene rings is 1. The van der Waals surface area contributed by atoms with E-state index in [0.717, 1.165) is 19.4 Å². The third kappa shape index (κ3) is 3.96. The maximum atomic E-state index is 11.4. The second kappa shape index (κ2) is 6.56. The van der Waals surface area contributed by atoms with Crippen LogP contribution in [0.2, 0.25) is 0 Å². The van der Waals surface area contributed by atoms with Crippen LogP contribution in [0.4, 0.5) is 10.7 Å². The fourth-order valence-corrected chi connectivity index (χ4v) is 2.83. The highest BCUT2D eigenvalue weighted by atomic mass is 32.1. The van der Waals surface area contributed by atoms with Gasteiger partial charge in [-0.25, -0.2) is 0 Å². The summed E-state index contributed by atoms with van der Waals surface area (Å²) in [6.07, 6.45) is 2.09. The molecule has 0 unspecified atom stereocenters. The first-order valence-electron chi connectivity index (χ1n) is 6.31. The van der Waals surface area contributed by atoms with Gasteiger partial charge in [-0.15, -0.1) is 11.3 Å². The molecule has 0 aliphatic rings. The average molecular weight is 283 g/mol. The van der Waals surface area contributed by atoms with E-state index in [0.29, 0.717) is 15.8 Å². The number of rotatable bonds is 7. The van der Waals surface area contributed by atoms with E-state index >= 15 is 0 Å². The molecule has 0 aromatic carbocycles. The van der Waals surface area contributed by atoms with E-state index in [1.165, 1.54) is 18.3 Å². The Morgan fingerprint density at radius 1 is 1.37 bits per heavy atom. The minimum atomic E-state index is -0.604. The zero-order valence-electron chi connectivity index (χ0n) is 11.6. The topological polar surface area (TPSA) is 98.2 Å². The van der Waals surface area contributed by atoms with Crippen LogP contribution in [0.3, 0.4) is 0 Å². The number of amides is 1. The number of hydrogen-bond donors (Lipinski definition) is 3. The van der Waals surface area contributed by atoms with Crippen LogP contribution < -0.4 is 16.8 Å². The summed E-state index contributed by atoms with van der Waals surface area (Å²) in [6, 6.07) is 0. The second-order valence-corrected chi connectivity index (χ2v) is 5.95. The highest BCUT2D eigenvalue weighted by Crippen LogP contribution is 2.35. The number of nitrogen functional groups attached to an aromatic ring is 1. The fourth-order valence-electron chi connectivity index (χ4n) is 1.79. The second-order valence-electron chi connectivity index (χ2n) is 4.93. The van der Waals surface area contributed by atoms with Gasteiger partial charge in [0.15, 0.2) is 5.78 Å². The fraction of sp³-hybridized carbons (Fsp3) is 0.538. The molecule has 5 N–H and O–H groups in total. The summed E-state index contributed by atoms with van der Waals surface area (Å²) in [5.41, 5.74) is 11.6. The van der Waals surface area contributed by atoms with Crippen LogP contribution in [0.1, 0.15) is 53.6 Å². The monoisotopic (exact) mass is 283 g/mol. The van der Waals surface area contributed by atoms with E-state index in [4.69, 9.17) is 11.5 Å². The molecule has 0 aliphatic carbocycles. The van der Waals surface area contributed by atoms with Gasteiger partial charge in [-0.05, 0) is 18.8 Å². The molecule has 0 fully saturated rings. The van der Waals surface area contributed by atoms with Gasteiger partial charge < -0.3 is 16.8 Å². The van der Waals surface area contributed by atoms with Gasteiger partial charge in [0, 0.05) is 13.5 Å². The molecule has 1 aromatic rings. The highest BCUT2D eigenvalue weighted by Gasteiger charge is 2.21. The molecule has 106 valence electrons. The Hall–Kier alpha value is -1.56. The molecule has 6 heteroatoms. The summed E-state index contributed by atoms with van der Waals surface area (Å²) < 4.78 is 0. The molecule has 0 atom stereocenters. The lowest BCUT2D eigenvalue weighted by Crippen LogP contribution is -2.15. The number of nitrogens with two attached hydrogens (primary N) is 2. The Bertz CT molecular complexity index is 480. The molecule has 0 saturated heterocycles. The number of Topliss-reactive ketones (excluding diaryl/α,β-unsaturated/α-hetero) is 1. The van der Waals surface area contributed by atoms with Crippen molar-refractivity contribution in [3.05, 3.63) is 10.4 Å². The Labute approximate surface area is 117 Å². The van der Waals surface area contributed by atoms with Gasteiger partial charge in [0.1, 0.15) is 5.00 Å². The van der Waals surface area contributed by atoms with Crippen LogP contribution in [0.5, 0.6) is 0 Å². The lowest BCUT2D eigenvalue weighted by Gasteiger charge is -2.07. The van der Waals surface area contributed by atoms with Crippen molar-refractivity contribution in [1.29, 1.82) is 0 Å². The zero-order chi connectivity index (χ0) is 14.6. The molecular formula is C13H21N3O2S. The van der Waals surface area contributed by atoms with Crippen LogP contribution in [0, 0.1) is 5.92 Å². The maximum Gasteiger partial charge on any atom is 0.253 e. The van der Waals surface area contributed by atoms with Gasteiger partial charge in [0.25, 0.3) is 5.91 Å². The number of carbonyl (C=O) groups excluding carboxylic acids is 2. The standard InChI is InChI=1S/C13H21N3O2S/c1-7(2)5-4-6-16-13-9(12(15)18)10(14)11(19-13)8(3)17/h7,16H,4-6,14H2,1-3H3,(H2,15,18). The van der Waals surface area contributed by atoms with Crippen molar-refractivity contribution in [1.82, 2.24) is 0 Å². The number of anilines is 2. The molecular weight excluding hydrogens is 262 g/mol.